The van der Waals surface area contributed by atoms with Crippen LogP contribution in [0.1, 0.15) is 10.4 Å². The van der Waals surface area contributed by atoms with Crippen molar-refractivity contribution in [1.82, 2.24) is 4.98 Å². The summed E-state index contributed by atoms with van der Waals surface area (Å²) >= 11 is 8.83. The number of nitrogens with one attached hydrogen (secondary N) is 1. The van der Waals surface area contributed by atoms with E-state index in [-0.39, 0.29) is 22.2 Å². The van der Waals surface area contributed by atoms with E-state index >= 15 is 0 Å². The summed E-state index contributed by atoms with van der Waals surface area (Å²) in [6.45, 7) is 0. The van der Waals surface area contributed by atoms with Crippen LogP contribution in [-0.4, -0.2) is 15.8 Å². The zero-order valence-electron chi connectivity index (χ0n) is 9.84. The van der Waals surface area contributed by atoms with Crippen LogP contribution < -0.4 is 5.32 Å². The van der Waals surface area contributed by atoms with E-state index in [1.807, 2.05) is 0 Å². The first kappa shape index (κ1) is 14.4. The Kier molecular flexibility index (Phi) is 4.31. The number of halogens is 2. The van der Waals surface area contributed by atoms with Crippen LogP contribution in [-0.2, 0) is 0 Å². The highest BCUT2D eigenvalue weighted by Gasteiger charge is 2.14. The largest absolute Gasteiger partial charge is 0.307 e. The molecule has 0 fully saturated rings. The fourth-order valence-corrected chi connectivity index (χ4v) is 2.12. The van der Waals surface area contributed by atoms with Gasteiger partial charge in [-0.25, -0.2) is 4.98 Å². The second-order valence-electron chi connectivity index (χ2n) is 3.75. The number of carbonyl (C=O) groups is 1. The number of anilines is 1. The van der Waals surface area contributed by atoms with Crippen molar-refractivity contribution in [2.45, 2.75) is 0 Å². The van der Waals surface area contributed by atoms with Gasteiger partial charge in [-0.15, -0.1) is 0 Å². The molecule has 0 radical (unpaired) electrons. The molecular formula is C12H7BrClN3O3. The lowest BCUT2D eigenvalue weighted by atomic mass is 10.2. The van der Waals surface area contributed by atoms with Gasteiger partial charge in [-0.05, 0) is 18.2 Å². The normalized spacial score (nSPS) is 10.1. The number of pyridine rings is 1. The Labute approximate surface area is 127 Å². The van der Waals surface area contributed by atoms with Crippen LogP contribution in [0.4, 0.5) is 11.5 Å². The molecule has 0 atom stereocenters. The molecule has 0 bridgehead atoms. The van der Waals surface area contributed by atoms with Crippen molar-refractivity contribution in [2.75, 3.05) is 5.32 Å². The summed E-state index contributed by atoms with van der Waals surface area (Å²) < 4.78 is 0.441. The number of nitro groups is 1. The van der Waals surface area contributed by atoms with E-state index in [9.17, 15) is 14.9 Å². The highest BCUT2D eigenvalue weighted by atomic mass is 79.9. The van der Waals surface area contributed by atoms with E-state index in [0.717, 1.165) is 0 Å². The molecule has 0 aliphatic heterocycles. The van der Waals surface area contributed by atoms with Crippen molar-refractivity contribution in [3.63, 3.8) is 0 Å². The van der Waals surface area contributed by atoms with Gasteiger partial charge in [0, 0.05) is 22.2 Å². The van der Waals surface area contributed by atoms with Crippen molar-refractivity contribution in [2.24, 2.45) is 0 Å². The van der Waals surface area contributed by atoms with Crippen LogP contribution in [0, 0.1) is 10.1 Å². The number of non-ortho nitro benzene ring substituents is 1. The first-order chi connectivity index (χ1) is 9.45. The molecule has 0 unspecified atom stereocenters. The maximum atomic E-state index is 12.0. The molecular weight excluding hydrogens is 350 g/mol. The number of carbonyl (C=O) groups excluding carboxylic acids is 1. The van der Waals surface area contributed by atoms with Crippen LogP contribution in [0.25, 0.3) is 0 Å². The molecule has 102 valence electrons. The molecule has 1 aromatic heterocycles. The van der Waals surface area contributed by atoms with E-state index in [1.54, 1.807) is 18.2 Å². The Morgan fingerprint density at radius 3 is 2.75 bits per heavy atom. The molecule has 2 rings (SSSR count). The SMILES string of the molecule is O=C(Nc1cccc(Cl)n1)c1cc(Br)cc([N+](=O)[O-])c1. The van der Waals surface area contributed by atoms with E-state index in [2.05, 4.69) is 26.2 Å². The third kappa shape index (κ3) is 3.52. The molecule has 1 amide bonds. The predicted molar refractivity (Wildman–Crippen MR) is 78.0 cm³/mol. The monoisotopic (exact) mass is 355 g/mol. The lowest BCUT2D eigenvalue weighted by Crippen LogP contribution is -2.13. The van der Waals surface area contributed by atoms with E-state index in [0.29, 0.717) is 4.47 Å². The molecule has 0 aliphatic carbocycles. The van der Waals surface area contributed by atoms with E-state index in [4.69, 9.17) is 11.6 Å². The number of rotatable bonds is 3. The molecule has 0 saturated heterocycles. The summed E-state index contributed by atoms with van der Waals surface area (Å²) in [5, 5.41) is 13.5. The second kappa shape index (κ2) is 5.98. The van der Waals surface area contributed by atoms with E-state index in [1.165, 1.54) is 18.2 Å². The molecule has 1 aromatic carbocycles. The Morgan fingerprint density at radius 1 is 1.35 bits per heavy atom. The lowest BCUT2D eigenvalue weighted by molar-refractivity contribution is -0.384. The van der Waals surface area contributed by atoms with Crippen molar-refractivity contribution in [1.29, 1.82) is 0 Å². The molecule has 1 N–H and O–H groups in total. The molecule has 0 saturated carbocycles. The third-order valence-electron chi connectivity index (χ3n) is 2.31. The minimum Gasteiger partial charge on any atom is -0.307 e. The van der Waals surface area contributed by atoms with Crippen LogP contribution >= 0.6 is 27.5 Å². The third-order valence-corrected chi connectivity index (χ3v) is 2.98. The number of nitrogens with zero attached hydrogens (tertiary/aromatic N) is 2. The first-order valence-electron chi connectivity index (χ1n) is 5.34. The average Bonchev–Trinajstić information content (AvgIpc) is 2.37. The van der Waals surface area contributed by atoms with Crippen molar-refractivity contribution >= 4 is 44.9 Å². The van der Waals surface area contributed by atoms with Crippen LogP contribution in [0.3, 0.4) is 0 Å². The second-order valence-corrected chi connectivity index (χ2v) is 5.06. The summed E-state index contributed by atoms with van der Waals surface area (Å²) in [6, 6.07) is 8.75. The number of aromatic nitrogens is 1. The zero-order valence-corrected chi connectivity index (χ0v) is 12.2. The van der Waals surface area contributed by atoms with Gasteiger partial charge in [0.1, 0.15) is 11.0 Å². The van der Waals surface area contributed by atoms with Gasteiger partial charge in [0.15, 0.2) is 0 Å². The molecule has 2 aromatic rings. The Balaban J connectivity index is 2.27. The van der Waals surface area contributed by atoms with Gasteiger partial charge in [-0.1, -0.05) is 33.6 Å². The van der Waals surface area contributed by atoms with Crippen LogP contribution in [0.2, 0.25) is 5.15 Å². The summed E-state index contributed by atoms with van der Waals surface area (Å²) in [4.78, 5) is 26.1. The summed E-state index contributed by atoms with van der Waals surface area (Å²) in [5.74, 6) is -0.241. The quantitative estimate of drug-likeness (QED) is 0.516. The number of amides is 1. The predicted octanol–water partition coefficient (Wildman–Crippen LogP) is 3.66. The number of hydrogen-bond acceptors (Lipinski definition) is 4. The van der Waals surface area contributed by atoms with Gasteiger partial charge in [-0.2, -0.15) is 0 Å². The van der Waals surface area contributed by atoms with Crippen molar-refractivity contribution in [3.05, 3.63) is 61.7 Å². The zero-order chi connectivity index (χ0) is 14.7. The van der Waals surface area contributed by atoms with Gasteiger partial charge in [-0.3, -0.25) is 14.9 Å². The Morgan fingerprint density at radius 2 is 2.10 bits per heavy atom. The van der Waals surface area contributed by atoms with Gasteiger partial charge >= 0.3 is 0 Å². The highest BCUT2D eigenvalue weighted by molar-refractivity contribution is 9.10. The average molecular weight is 357 g/mol. The molecule has 8 heteroatoms. The Hall–Kier alpha value is -1.99. The maximum absolute atomic E-state index is 12.0. The number of nitro benzene ring substituents is 1. The number of hydrogen-bond donors (Lipinski definition) is 1. The van der Waals surface area contributed by atoms with Crippen molar-refractivity contribution in [3.8, 4) is 0 Å². The summed E-state index contributed by atoms with van der Waals surface area (Å²) in [6.07, 6.45) is 0. The molecule has 1 heterocycles. The molecule has 6 nitrogen and oxygen atoms in total. The molecule has 20 heavy (non-hydrogen) atoms. The first-order valence-corrected chi connectivity index (χ1v) is 6.52. The fourth-order valence-electron chi connectivity index (χ4n) is 1.48. The lowest BCUT2D eigenvalue weighted by Gasteiger charge is -2.05. The van der Waals surface area contributed by atoms with Gasteiger partial charge in [0.25, 0.3) is 11.6 Å². The Bertz CT molecular complexity index is 693. The molecule has 0 aliphatic rings. The topological polar surface area (TPSA) is 85.1 Å². The van der Waals surface area contributed by atoms with Crippen LogP contribution in [0.5, 0.6) is 0 Å². The van der Waals surface area contributed by atoms with Gasteiger partial charge < -0.3 is 5.32 Å². The minimum absolute atomic E-state index is 0.146. The minimum atomic E-state index is -0.570. The highest BCUT2D eigenvalue weighted by Crippen LogP contribution is 2.22. The smallest absolute Gasteiger partial charge is 0.271 e. The molecule has 0 spiro atoms. The van der Waals surface area contributed by atoms with Crippen LogP contribution in [0.15, 0.2) is 40.9 Å². The van der Waals surface area contributed by atoms with E-state index < -0.39 is 10.8 Å². The maximum Gasteiger partial charge on any atom is 0.271 e. The summed E-state index contributed by atoms with van der Waals surface area (Å²) in [5.41, 5.74) is -0.0311. The van der Waals surface area contributed by atoms with Gasteiger partial charge in [0.05, 0.1) is 4.92 Å². The van der Waals surface area contributed by atoms with Crippen molar-refractivity contribution < 1.29 is 9.72 Å². The standard InChI is InChI=1S/C12H7BrClN3O3/c13-8-4-7(5-9(6-8)17(19)20)12(18)16-11-3-1-2-10(14)15-11/h1-6H,(H,15,16,18). The number of benzene rings is 1. The summed E-state index contributed by atoms with van der Waals surface area (Å²) in [7, 11) is 0. The fraction of sp³-hybridized carbons (Fsp3) is 0. The van der Waals surface area contributed by atoms with Gasteiger partial charge in [0.2, 0.25) is 0 Å².